The molecule has 2 heterocycles. The lowest BCUT2D eigenvalue weighted by Crippen LogP contribution is -2.13. The molecule has 2 aromatic heterocycles. The first kappa shape index (κ1) is 15.5. The van der Waals surface area contributed by atoms with E-state index in [1.807, 2.05) is 54.8 Å². The minimum absolute atomic E-state index is 0.0244. The molecule has 0 atom stereocenters. The molecular formula is C18H13N3O3S. The summed E-state index contributed by atoms with van der Waals surface area (Å²) < 4.78 is 11.2. The van der Waals surface area contributed by atoms with Crippen molar-refractivity contribution in [1.29, 1.82) is 0 Å². The predicted molar refractivity (Wildman–Crippen MR) is 95.7 cm³/mol. The number of para-hydroxylation sites is 1. The molecule has 7 heteroatoms. The molecule has 25 heavy (non-hydrogen) atoms. The Balaban J connectivity index is 1.58. The van der Waals surface area contributed by atoms with Crippen LogP contribution in [-0.2, 0) is 0 Å². The minimum atomic E-state index is -0.301. The van der Waals surface area contributed by atoms with Gasteiger partial charge in [0.25, 0.3) is 11.8 Å². The van der Waals surface area contributed by atoms with Crippen LogP contribution in [0.1, 0.15) is 10.4 Å². The van der Waals surface area contributed by atoms with Crippen molar-refractivity contribution in [2.75, 3.05) is 11.6 Å². The maximum Gasteiger partial charge on any atom is 0.322 e. The topological polar surface area (TPSA) is 81.2 Å². The molecule has 6 nitrogen and oxygen atoms in total. The first-order valence-corrected chi connectivity index (χ1v) is 8.74. The molecule has 0 spiro atoms. The number of anilines is 1. The van der Waals surface area contributed by atoms with E-state index in [0.29, 0.717) is 11.3 Å². The highest BCUT2D eigenvalue weighted by molar-refractivity contribution is 7.98. The van der Waals surface area contributed by atoms with Gasteiger partial charge in [-0.3, -0.25) is 10.1 Å². The maximum absolute atomic E-state index is 12.4. The molecule has 4 rings (SSSR count). The fourth-order valence-electron chi connectivity index (χ4n) is 2.46. The number of hydrogen-bond donors (Lipinski definition) is 1. The van der Waals surface area contributed by atoms with E-state index in [0.717, 1.165) is 15.9 Å². The second kappa shape index (κ2) is 6.45. The molecule has 0 aliphatic carbocycles. The first-order chi connectivity index (χ1) is 12.2. The fourth-order valence-corrected chi connectivity index (χ4v) is 3.05. The van der Waals surface area contributed by atoms with E-state index in [1.165, 1.54) is 11.8 Å². The Bertz CT molecular complexity index is 1020. The Labute approximate surface area is 147 Å². The van der Waals surface area contributed by atoms with Gasteiger partial charge in [-0.25, -0.2) is 0 Å². The summed E-state index contributed by atoms with van der Waals surface area (Å²) in [5, 5.41) is 11.4. The van der Waals surface area contributed by atoms with E-state index in [-0.39, 0.29) is 17.8 Å². The number of nitrogens with zero attached hydrogens (tertiary/aromatic N) is 2. The summed E-state index contributed by atoms with van der Waals surface area (Å²) in [5.74, 6) is 0.369. The summed E-state index contributed by atoms with van der Waals surface area (Å²) in [4.78, 5) is 13.3. The van der Waals surface area contributed by atoms with Crippen LogP contribution >= 0.6 is 11.8 Å². The molecule has 1 amide bonds. The number of fused-ring (bicyclic) bond motifs is 1. The molecular weight excluding hydrogens is 338 g/mol. The van der Waals surface area contributed by atoms with Gasteiger partial charge in [0.15, 0.2) is 5.76 Å². The lowest BCUT2D eigenvalue weighted by molar-refractivity contribution is 0.102. The van der Waals surface area contributed by atoms with Crippen molar-refractivity contribution in [2.24, 2.45) is 0 Å². The van der Waals surface area contributed by atoms with E-state index in [2.05, 4.69) is 15.5 Å². The van der Waals surface area contributed by atoms with Crippen LogP contribution in [0.3, 0.4) is 0 Å². The van der Waals surface area contributed by atoms with Gasteiger partial charge >= 0.3 is 6.01 Å². The van der Waals surface area contributed by atoms with Gasteiger partial charge in [0.1, 0.15) is 5.58 Å². The number of carbonyl (C=O) groups excluding carboxylic acids is 1. The smallest absolute Gasteiger partial charge is 0.322 e. The van der Waals surface area contributed by atoms with Crippen molar-refractivity contribution < 1.29 is 13.6 Å². The van der Waals surface area contributed by atoms with Gasteiger partial charge in [-0.2, -0.15) is 0 Å². The van der Waals surface area contributed by atoms with E-state index >= 15 is 0 Å². The molecule has 0 saturated heterocycles. The van der Waals surface area contributed by atoms with Gasteiger partial charge in [-0.15, -0.1) is 16.9 Å². The highest BCUT2D eigenvalue weighted by atomic mass is 32.2. The molecule has 0 aliphatic rings. The summed E-state index contributed by atoms with van der Waals surface area (Å²) in [6.07, 6.45) is 1.92. The van der Waals surface area contributed by atoms with Gasteiger partial charge in [-0.1, -0.05) is 35.4 Å². The van der Waals surface area contributed by atoms with E-state index in [1.54, 1.807) is 6.07 Å². The Morgan fingerprint density at radius 3 is 2.68 bits per heavy atom. The molecule has 0 unspecified atom stereocenters. The third-order valence-corrected chi connectivity index (χ3v) is 4.43. The Kier molecular flexibility index (Phi) is 3.99. The zero-order valence-electron chi connectivity index (χ0n) is 13.2. The van der Waals surface area contributed by atoms with Gasteiger partial charge in [0.2, 0.25) is 0 Å². The van der Waals surface area contributed by atoms with Crippen molar-refractivity contribution in [3.8, 4) is 11.7 Å². The van der Waals surface area contributed by atoms with Crippen LogP contribution in [-0.4, -0.2) is 22.4 Å². The number of benzene rings is 2. The average Bonchev–Trinajstić information content (AvgIpc) is 3.28. The molecule has 0 saturated carbocycles. The van der Waals surface area contributed by atoms with E-state index in [9.17, 15) is 4.79 Å². The number of nitrogens with one attached hydrogen (secondary N) is 1. The van der Waals surface area contributed by atoms with Crippen LogP contribution in [0.2, 0.25) is 0 Å². The number of aromatic nitrogens is 2. The second-order valence-electron chi connectivity index (χ2n) is 5.22. The van der Waals surface area contributed by atoms with Crippen LogP contribution < -0.4 is 5.32 Å². The monoisotopic (exact) mass is 351 g/mol. The molecule has 0 bridgehead atoms. The Morgan fingerprint density at radius 2 is 1.84 bits per heavy atom. The number of thioether (sulfide) groups is 1. The second-order valence-corrected chi connectivity index (χ2v) is 6.06. The summed E-state index contributed by atoms with van der Waals surface area (Å²) in [7, 11) is 0. The zero-order chi connectivity index (χ0) is 17.2. The molecule has 0 aliphatic heterocycles. The minimum Gasteiger partial charge on any atom is -0.451 e. The zero-order valence-corrected chi connectivity index (χ0v) is 14.0. The highest BCUT2D eigenvalue weighted by Crippen LogP contribution is 2.28. The van der Waals surface area contributed by atoms with Gasteiger partial charge in [-0.05, 0) is 30.5 Å². The average molecular weight is 351 g/mol. The van der Waals surface area contributed by atoms with Crippen molar-refractivity contribution in [3.63, 3.8) is 0 Å². The Morgan fingerprint density at radius 1 is 1.04 bits per heavy atom. The Hall–Kier alpha value is -3.06. The van der Waals surface area contributed by atoms with E-state index < -0.39 is 0 Å². The lowest BCUT2D eigenvalue weighted by Gasteiger charge is -2.05. The molecule has 4 aromatic rings. The van der Waals surface area contributed by atoms with Gasteiger partial charge < -0.3 is 8.83 Å². The third kappa shape index (κ3) is 3.01. The first-order valence-electron chi connectivity index (χ1n) is 7.51. The molecule has 0 radical (unpaired) electrons. The summed E-state index contributed by atoms with van der Waals surface area (Å²) >= 11 is 1.50. The summed E-state index contributed by atoms with van der Waals surface area (Å²) in [6.45, 7) is 0. The number of amides is 1. The normalized spacial score (nSPS) is 10.9. The van der Waals surface area contributed by atoms with Crippen LogP contribution in [0.5, 0.6) is 0 Å². The van der Waals surface area contributed by atoms with Gasteiger partial charge in [0.05, 0.1) is 5.56 Å². The van der Waals surface area contributed by atoms with Crippen LogP contribution in [0.4, 0.5) is 6.01 Å². The van der Waals surface area contributed by atoms with Crippen LogP contribution in [0.25, 0.3) is 22.6 Å². The number of furan rings is 1. The molecule has 124 valence electrons. The number of rotatable bonds is 4. The SMILES string of the molecule is CSc1ccccc1C(=O)Nc1nnc(-c2cc3ccccc3o2)o1. The quantitative estimate of drug-likeness (QED) is 0.547. The number of hydrogen-bond acceptors (Lipinski definition) is 6. The van der Waals surface area contributed by atoms with Crippen molar-refractivity contribution in [1.82, 2.24) is 10.2 Å². The fraction of sp³-hybridized carbons (Fsp3) is 0.0556. The summed E-state index contributed by atoms with van der Waals surface area (Å²) in [6, 6.07) is 16.8. The molecule has 1 N–H and O–H groups in total. The van der Waals surface area contributed by atoms with Crippen LogP contribution in [0, 0.1) is 0 Å². The van der Waals surface area contributed by atoms with Gasteiger partial charge in [0, 0.05) is 10.3 Å². The van der Waals surface area contributed by atoms with Crippen molar-refractivity contribution in [2.45, 2.75) is 4.90 Å². The third-order valence-electron chi connectivity index (χ3n) is 3.63. The highest BCUT2D eigenvalue weighted by Gasteiger charge is 2.17. The maximum atomic E-state index is 12.4. The lowest BCUT2D eigenvalue weighted by atomic mass is 10.2. The molecule has 0 fully saturated rings. The number of carbonyl (C=O) groups is 1. The molecule has 2 aromatic carbocycles. The van der Waals surface area contributed by atoms with Crippen molar-refractivity contribution >= 4 is 34.7 Å². The predicted octanol–water partition coefficient (Wildman–Crippen LogP) is 4.46. The largest absolute Gasteiger partial charge is 0.451 e. The van der Waals surface area contributed by atoms with Crippen LogP contribution in [0.15, 0.2) is 68.3 Å². The summed E-state index contributed by atoms with van der Waals surface area (Å²) in [5.41, 5.74) is 1.29. The van der Waals surface area contributed by atoms with Crippen molar-refractivity contribution in [3.05, 3.63) is 60.2 Å². The standard InChI is InChI=1S/C18H13N3O3S/c1-25-15-9-5-3-7-12(15)16(22)19-18-21-20-17(24-18)14-10-11-6-2-4-8-13(11)23-14/h2-10H,1H3,(H,19,21,22). The van der Waals surface area contributed by atoms with E-state index in [4.69, 9.17) is 8.83 Å².